The third-order valence-electron chi connectivity index (χ3n) is 5.33. The van der Waals surface area contributed by atoms with Gasteiger partial charge in [0, 0.05) is 24.5 Å². The van der Waals surface area contributed by atoms with Crippen LogP contribution in [-0.4, -0.2) is 41.0 Å². The number of morpholine rings is 1. The van der Waals surface area contributed by atoms with Crippen molar-refractivity contribution in [3.63, 3.8) is 0 Å². The van der Waals surface area contributed by atoms with Gasteiger partial charge in [0.05, 0.1) is 18.8 Å². The van der Waals surface area contributed by atoms with Crippen molar-refractivity contribution in [3.05, 3.63) is 65.5 Å². The van der Waals surface area contributed by atoms with Gasteiger partial charge in [-0.25, -0.2) is 0 Å². The molecule has 26 heavy (non-hydrogen) atoms. The highest BCUT2D eigenvalue weighted by molar-refractivity contribution is 5.97. The Morgan fingerprint density at radius 3 is 2.42 bits per heavy atom. The summed E-state index contributed by atoms with van der Waals surface area (Å²) < 4.78 is 32.6. The largest absolute Gasteiger partial charge is 0.378 e. The van der Waals surface area contributed by atoms with E-state index in [0.717, 1.165) is 12.6 Å². The predicted molar refractivity (Wildman–Crippen MR) is 91.6 cm³/mol. The number of pyridine rings is 1. The first-order valence-electron chi connectivity index (χ1n) is 8.85. The lowest BCUT2D eigenvalue weighted by atomic mass is 9.80. The summed E-state index contributed by atoms with van der Waals surface area (Å²) in [5.41, 5.74) is 1.11. The summed E-state index contributed by atoms with van der Waals surface area (Å²) in [7, 11) is 0. The number of fused-ring (bicyclic) bond motifs is 2. The first kappa shape index (κ1) is 17.2. The van der Waals surface area contributed by atoms with Crippen LogP contribution in [0.3, 0.4) is 0 Å². The molecule has 0 aliphatic carbocycles. The molecule has 2 aliphatic rings. The summed E-state index contributed by atoms with van der Waals surface area (Å²) >= 11 is 0. The van der Waals surface area contributed by atoms with Crippen LogP contribution in [0.25, 0.3) is 0 Å². The predicted octanol–water partition coefficient (Wildman–Crippen LogP) is 3.22. The van der Waals surface area contributed by atoms with E-state index in [1.165, 1.54) is 11.6 Å². The van der Waals surface area contributed by atoms with Crippen molar-refractivity contribution < 1.29 is 18.3 Å². The van der Waals surface area contributed by atoms with Crippen LogP contribution in [0.15, 0.2) is 42.5 Å². The molecule has 2 saturated heterocycles. The molecule has 0 amide bonds. The fourth-order valence-electron chi connectivity index (χ4n) is 4.07. The van der Waals surface area contributed by atoms with E-state index in [9.17, 15) is 13.6 Å². The van der Waals surface area contributed by atoms with Crippen molar-refractivity contribution in [1.82, 2.24) is 9.88 Å². The molecule has 136 valence electrons. The van der Waals surface area contributed by atoms with Gasteiger partial charge in [-0.2, -0.15) is 13.8 Å². The number of carbonyl (C=O) groups is 1. The number of benzene rings is 1. The molecule has 4 nitrogen and oxygen atoms in total. The van der Waals surface area contributed by atoms with Gasteiger partial charge >= 0.3 is 0 Å². The van der Waals surface area contributed by atoms with Crippen molar-refractivity contribution in [2.75, 3.05) is 13.2 Å². The van der Waals surface area contributed by atoms with Crippen molar-refractivity contribution >= 4 is 5.78 Å². The van der Waals surface area contributed by atoms with Gasteiger partial charge in [0.25, 0.3) is 0 Å². The molecule has 2 aromatic rings. The molecule has 2 bridgehead atoms. The second-order valence-corrected chi connectivity index (χ2v) is 7.01. The van der Waals surface area contributed by atoms with Gasteiger partial charge in [-0.1, -0.05) is 30.3 Å². The molecule has 2 fully saturated rings. The molecule has 4 rings (SSSR count). The Bertz CT molecular complexity index is 786. The minimum Gasteiger partial charge on any atom is -0.378 e. The SMILES string of the molecule is O=C(c1ccc(F)nc1F)C1CC2COCC(C1)N2Cc1ccccc1. The van der Waals surface area contributed by atoms with Crippen LogP contribution >= 0.6 is 0 Å². The highest BCUT2D eigenvalue weighted by Crippen LogP contribution is 2.34. The van der Waals surface area contributed by atoms with E-state index in [4.69, 9.17) is 4.74 Å². The van der Waals surface area contributed by atoms with Crippen LogP contribution in [0.1, 0.15) is 28.8 Å². The maximum Gasteiger partial charge on any atom is 0.226 e. The summed E-state index contributed by atoms with van der Waals surface area (Å²) in [6.07, 6.45) is 1.22. The average molecular weight is 358 g/mol. The molecule has 3 heterocycles. The zero-order valence-corrected chi connectivity index (χ0v) is 14.3. The molecular formula is C20H20F2N2O2. The van der Waals surface area contributed by atoms with Gasteiger partial charge < -0.3 is 4.74 Å². The molecular weight excluding hydrogens is 338 g/mol. The number of hydrogen-bond donors (Lipinski definition) is 0. The maximum atomic E-state index is 13.9. The van der Waals surface area contributed by atoms with E-state index in [-0.39, 0.29) is 29.3 Å². The molecule has 0 saturated carbocycles. The number of hydrogen-bond acceptors (Lipinski definition) is 4. The van der Waals surface area contributed by atoms with Crippen LogP contribution in [0.4, 0.5) is 8.78 Å². The quantitative estimate of drug-likeness (QED) is 0.622. The molecule has 1 aromatic heterocycles. The van der Waals surface area contributed by atoms with Crippen molar-refractivity contribution in [1.29, 1.82) is 0 Å². The summed E-state index contributed by atoms with van der Waals surface area (Å²) in [4.78, 5) is 18.3. The summed E-state index contributed by atoms with van der Waals surface area (Å²) in [6.45, 7) is 1.95. The Hall–Kier alpha value is -2.18. The number of ether oxygens (including phenoxy) is 1. The van der Waals surface area contributed by atoms with E-state index in [0.29, 0.717) is 26.1 Å². The van der Waals surface area contributed by atoms with Crippen LogP contribution in [-0.2, 0) is 11.3 Å². The number of Topliss-reactive ketones (excluding diaryl/α,β-unsaturated/α-hetero) is 1. The molecule has 0 radical (unpaired) electrons. The lowest BCUT2D eigenvalue weighted by Gasteiger charge is -2.48. The Morgan fingerprint density at radius 1 is 1.08 bits per heavy atom. The number of ketones is 1. The number of halogens is 2. The summed E-state index contributed by atoms with van der Waals surface area (Å²) in [5.74, 6) is -2.51. The number of piperidine rings is 1. The van der Waals surface area contributed by atoms with E-state index < -0.39 is 11.9 Å². The monoisotopic (exact) mass is 358 g/mol. The lowest BCUT2D eigenvalue weighted by Crippen LogP contribution is -2.57. The Kier molecular flexibility index (Phi) is 4.78. The zero-order chi connectivity index (χ0) is 18.1. The third kappa shape index (κ3) is 3.39. The van der Waals surface area contributed by atoms with Crippen molar-refractivity contribution in [2.45, 2.75) is 31.5 Å². The summed E-state index contributed by atoms with van der Waals surface area (Å²) in [6, 6.07) is 12.7. The zero-order valence-electron chi connectivity index (χ0n) is 14.3. The van der Waals surface area contributed by atoms with Gasteiger partial charge in [0.2, 0.25) is 11.9 Å². The summed E-state index contributed by atoms with van der Waals surface area (Å²) in [5, 5.41) is 0. The molecule has 2 atom stereocenters. The molecule has 2 aliphatic heterocycles. The Balaban J connectivity index is 1.51. The van der Waals surface area contributed by atoms with Gasteiger partial charge in [-0.3, -0.25) is 9.69 Å². The number of carbonyl (C=O) groups excluding carboxylic acids is 1. The topological polar surface area (TPSA) is 42.4 Å². The van der Waals surface area contributed by atoms with Gasteiger partial charge in [-0.05, 0) is 30.5 Å². The molecule has 2 unspecified atom stereocenters. The molecule has 6 heteroatoms. The second-order valence-electron chi connectivity index (χ2n) is 7.01. The van der Waals surface area contributed by atoms with Crippen molar-refractivity contribution in [3.8, 4) is 0 Å². The maximum absolute atomic E-state index is 13.9. The molecule has 0 spiro atoms. The van der Waals surface area contributed by atoms with Gasteiger partial charge in [0.1, 0.15) is 0 Å². The fraction of sp³-hybridized carbons (Fsp3) is 0.400. The van der Waals surface area contributed by atoms with Gasteiger partial charge in [-0.15, -0.1) is 0 Å². The van der Waals surface area contributed by atoms with Crippen LogP contribution in [0, 0.1) is 17.8 Å². The first-order chi connectivity index (χ1) is 12.6. The van der Waals surface area contributed by atoms with Crippen molar-refractivity contribution in [2.24, 2.45) is 5.92 Å². The number of aromatic nitrogens is 1. The lowest BCUT2D eigenvalue weighted by molar-refractivity contribution is -0.0873. The highest BCUT2D eigenvalue weighted by Gasteiger charge is 2.41. The Labute approximate surface area is 150 Å². The van der Waals surface area contributed by atoms with E-state index >= 15 is 0 Å². The van der Waals surface area contributed by atoms with E-state index in [1.807, 2.05) is 18.2 Å². The fourth-order valence-corrected chi connectivity index (χ4v) is 4.07. The molecule has 1 aromatic carbocycles. The van der Waals surface area contributed by atoms with Crippen LogP contribution < -0.4 is 0 Å². The third-order valence-corrected chi connectivity index (χ3v) is 5.33. The average Bonchev–Trinajstić information content (AvgIpc) is 2.62. The minimum absolute atomic E-state index is 0.119. The smallest absolute Gasteiger partial charge is 0.226 e. The van der Waals surface area contributed by atoms with Crippen LogP contribution in [0.5, 0.6) is 0 Å². The number of nitrogens with zero attached hydrogens (tertiary/aromatic N) is 2. The van der Waals surface area contributed by atoms with E-state index in [2.05, 4.69) is 22.0 Å². The number of rotatable bonds is 4. The Morgan fingerprint density at radius 2 is 1.77 bits per heavy atom. The molecule has 0 N–H and O–H groups in total. The van der Waals surface area contributed by atoms with Gasteiger partial charge in [0.15, 0.2) is 5.78 Å². The van der Waals surface area contributed by atoms with Crippen LogP contribution in [0.2, 0.25) is 0 Å². The standard InChI is InChI=1S/C20H20F2N2O2/c21-18-7-6-17(20(22)23-18)19(25)14-8-15-11-26-12-16(9-14)24(15)10-13-4-2-1-3-5-13/h1-7,14-16H,8-12H2. The minimum atomic E-state index is -1.02. The second kappa shape index (κ2) is 7.21. The van der Waals surface area contributed by atoms with E-state index in [1.54, 1.807) is 0 Å². The normalized spacial score (nSPS) is 25.8. The highest BCUT2D eigenvalue weighted by atomic mass is 19.1. The first-order valence-corrected chi connectivity index (χ1v) is 8.85.